The summed E-state index contributed by atoms with van der Waals surface area (Å²) in [6.45, 7) is 3.93. The molecule has 0 fully saturated rings. The number of hydrogen-bond donors (Lipinski definition) is 1. The van der Waals surface area contributed by atoms with Crippen LogP contribution in [-0.2, 0) is 19.1 Å². The van der Waals surface area contributed by atoms with Crippen molar-refractivity contribution in [3.8, 4) is 0 Å². The lowest BCUT2D eigenvalue weighted by molar-refractivity contribution is -0.161. The van der Waals surface area contributed by atoms with E-state index in [0.29, 0.717) is 12.8 Å². The van der Waals surface area contributed by atoms with Gasteiger partial charge < -0.3 is 14.6 Å². The lowest BCUT2D eigenvalue weighted by Gasteiger charge is -2.15. The molecule has 0 aliphatic rings. The summed E-state index contributed by atoms with van der Waals surface area (Å²) >= 11 is 0. The van der Waals surface area contributed by atoms with Crippen LogP contribution in [-0.4, -0.2) is 36.4 Å². The fourth-order valence-corrected chi connectivity index (χ4v) is 9.47. The highest BCUT2D eigenvalue weighted by Crippen LogP contribution is 2.17. The molecule has 1 unspecified atom stereocenters. The van der Waals surface area contributed by atoms with E-state index in [1.807, 2.05) is 0 Å². The molecular formula is C75H126O5. The smallest absolute Gasteiger partial charge is 0.306 e. The third kappa shape index (κ3) is 66.6. The van der Waals surface area contributed by atoms with Gasteiger partial charge in [-0.3, -0.25) is 9.59 Å². The first-order valence-corrected chi connectivity index (χ1v) is 33.7. The fraction of sp³-hybridized carbons (Fsp3) is 0.680. The Hall–Kier alpha value is -3.96. The van der Waals surface area contributed by atoms with Crippen molar-refractivity contribution in [2.45, 2.75) is 315 Å². The Labute approximate surface area is 496 Å². The van der Waals surface area contributed by atoms with Gasteiger partial charge in [0.05, 0.1) is 6.61 Å². The molecule has 0 radical (unpaired) electrons. The SMILES string of the molecule is CC/C=C\C/C=C\C/C=C\C/C=C\C/C=C\C/C=C\CCCCCCCCCCCCCCCCC(=O)OC(CO)COC(=O)CCCCCCCCCCCCCCCCCCC/C=C\C/C=C\C/C=C\C/C=C\C/C=C\CC. The molecule has 0 aromatic carbocycles. The lowest BCUT2D eigenvalue weighted by atomic mass is 10.0. The predicted octanol–water partition coefficient (Wildman–Crippen LogP) is 23.5. The van der Waals surface area contributed by atoms with Gasteiger partial charge in [0.2, 0.25) is 0 Å². The largest absolute Gasteiger partial charge is 0.462 e. The highest BCUT2D eigenvalue weighted by molar-refractivity contribution is 5.70. The predicted molar refractivity (Wildman–Crippen MR) is 352 cm³/mol. The third-order valence-electron chi connectivity index (χ3n) is 14.4. The van der Waals surface area contributed by atoms with Crippen LogP contribution < -0.4 is 0 Å². The van der Waals surface area contributed by atoms with Crippen molar-refractivity contribution < 1.29 is 24.2 Å². The van der Waals surface area contributed by atoms with E-state index in [1.165, 1.54) is 173 Å². The molecule has 0 saturated carbocycles. The summed E-state index contributed by atoms with van der Waals surface area (Å²) in [5.74, 6) is -0.586. The summed E-state index contributed by atoms with van der Waals surface area (Å²) in [6, 6.07) is 0. The molecule has 1 N–H and O–H groups in total. The van der Waals surface area contributed by atoms with Gasteiger partial charge in [0.25, 0.3) is 0 Å². The Kier molecular flexibility index (Phi) is 65.9. The molecule has 0 aliphatic heterocycles. The Morgan fingerprint density at radius 3 is 0.750 bits per heavy atom. The molecule has 0 saturated heterocycles. The van der Waals surface area contributed by atoms with Gasteiger partial charge in [-0.05, 0) is 109 Å². The minimum atomic E-state index is -0.780. The minimum absolute atomic E-state index is 0.0692. The van der Waals surface area contributed by atoms with Crippen molar-refractivity contribution in [2.75, 3.05) is 13.2 Å². The van der Waals surface area contributed by atoms with Gasteiger partial charge >= 0.3 is 11.9 Å². The van der Waals surface area contributed by atoms with E-state index in [1.54, 1.807) is 0 Å². The molecule has 0 aliphatic carbocycles. The fourth-order valence-electron chi connectivity index (χ4n) is 9.47. The molecule has 0 spiro atoms. The van der Waals surface area contributed by atoms with Crippen LogP contribution in [0.4, 0.5) is 0 Å². The number of allylic oxidation sites excluding steroid dienone is 22. The van der Waals surface area contributed by atoms with Crippen LogP contribution in [0.25, 0.3) is 0 Å². The van der Waals surface area contributed by atoms with E-state index < -0.39 is 6.10 Å². The topological polar surface area (TPSA) is 72.8 Å². The highest BCUT2D eigenvalue weighted by Gasteiger charge is 2.16. The standard InChI is InChI=1S/C75H126O5/c1-3-5-7-9-11-13-15-17-19-21-23-25-27-29-31-33-35-37-39-41-43-45-47-49-51-53-55-57-59-61-63-65-67-69-74(77)79-72-73(71-76)80-75(78)70-68-66-64-62-60-58-56-54-52-50-48-46-44-42-40-38-36-34-32-30-28-26-24-22-20-18-16-14-12-10-8-6-4-2/h5-8,11-14,17-20,23-26,29-32,36,38,73,76H,3-4,9-10,15-16,21-22,27-28,33-35,37,39-72H2,1-2H3/b7-5-,8-6-,13-11-,14-12-,19-17-,20-18-,25-23-,26-24-,31-29-,32-30-,38-36-. The molecule has 1 atom stereocenters. The number of carbonyl (C=O) groups is 2. The van der Waals surface area contributed by atoms with E-state index in [9.17, 15) is 14.7 Å². The Balaban J connectivity index is 3.48. The van der Waals surface area contributed by atoms with Crippen LogP contribution in [0.3, 0.4) is 0 Å². The van der Waals surface area contributed by atoms with Gasteiger partial charge in [0.15, 0.2) is 6.10 Å². The minimum Gasteiger partial charge on any atom is -0.462 e. The number of esters is 2. The second-order valence-corrected chi connectivity index (χ2v) is 22.1. The molecule has 0 rings (SSSR count). The number of aliphatic hydroxyl groups is 1. The van der Waals surface area contributed by atoms with E-state index in [2.05, 4.69) is 148 Å². The van der Waals surface area contributed by atoms with Gasteiger partial charge in [-0.2, -0.15) is 0 Å². The monoisotopic (exact) mass is 1110 g/mol. The first-order valence-electron chi connectivity index (χ1n) is 33.7. The van der Waals surface area contributed by atoms with E-state index in [-0.39, 0.29) is 25.2 Å². The molecule has 0 bridgehead atoms. The molecule has 0 amide bonds. The van der Waals surface area contributed by atoms with Gasteiger partial charge in [0.1, 0.15) is 6.61 Å². The maximum Gasteiger partial charge on any atom is 0.306 e. The number of rotatable bonds is 61. The van der Waals surface area contributed by atoms with Crippen molar-refractivity contribution in [3.05, 3.63) is 134 Å². The first-order chi connectivity index (χ1) is 39.6. The summed E-state index contributed by atoms with van der Waals surface area (Å²) in [6.07, 6.45) is 103. The molecule has 0 aromatic heterocycles. The molecule has 0 aromatic rings. The zero-order valence-electron chi connectivity index (χ0n) is 52.3. The molecule has 5 nitrogen and oxygen atoms in total. The summed E-state index contributed by atoms with van der Waals surface area (Å²) in [5.41, 5.74) is 0. The van der Waals surface area contributed by atoms with Crippen molar-refractivity contribution in [2.24, 2.45) is 0 Å². The summed E-state index contributed by atoms with van der Waals surface area (Å²) < 4.78 is 10.8. The normalized spacial score (nSPS) is 13.1. The van der Waals surface area contributed by atoms with E-state index in [4.69, 9.17) is 9.47 Å². The van der Waals surface area contributed by atoms with Crippen molar-refractivity contribution >= 4 is 11.9 Å². The summed E-state index contributed by atoms with van der Waals surface area (Å²) in [7, 11) is 0. The van der Waals surface area contributed by atoms with Gasteiger partial charge in [-0.25, -0.2) is 0 Å². The molecule has 0 heterocycles. The van der Waals surface area contributed by atoms with Crippen LogP contribution in [0.1, 0.15) is 309 Å². The summed E-state index contributed by atoms with van der Waals surface area (Å²) in [4.78, 5) is 24.7. The Bertz CT molecular complexity index is 1630. The maximum absolute atomic E-state index is 12.4. The zero-order chi connectivity index (χ0) is 57.6. The highest BCUT2D eigenvalue weighted by atomic mass is 16.6. The third-order valence-corrected chi connectivity index (χ3v) is 14.4. The second kappa shape index (κ2) is 69.3. The van der Waals surface area contributed by atoms with E-state index >= 15 is 0 Å². The number of hydrogen-bond acceptors (Lipinski definition) is 5. The summed E-state index contributed by atoms with van der Waals surface area (Å²) in [5, 5.41) is 9.70. The molecule has 456 valence electrons. The number of aliphatic hydroxyl groups excluding tert-OH is 1. The van der Waals surface area contributed by atoms with Crippen LogP contribution in [0.15, 0.2) is 134 Å². The van der Waals surface area contributed by atoms with Gasteiger partial charge in [-0.15, -0.1) is 0 Å². The Morgan fingerprint density at radius 1 is 0.287 bits per heavy atom. The second-order valence-electron chi connectivity index (χ2n) is 22.1. The quantitative estimate of drug-likeness (QED) is 0.0373. The van der Waals surface area contributed by atoms with E-state index in [0.717, 1.165) is 109 Å². The number of unbranched alkanes of at least 4 members (excludes halogenated alkanes) is 31. The molecule has 5 heteroatoms. The number of carbonyl (C=O) groups excluding carboxylic acids is 2. The molecular weight excluding hydrogens is 981 g/mol. The first kappa shape index (κ1) is 76.0. The zero-order valence-corrected chi connectivity index (χ0v) is 52.3. The average molecular weight is 1110 g/mol. The lowest BCUT2D eigenvalue weighted by Crippen LogP contribution is -2.28. The van der Waals surface area contributed by atoms with Crippen LogP contribution in [0, 0.1) is 0 Å². The van der Waals surface area contributed by atoms with Crippen LogP contribution in [0.2, 0.25) is 0 Å². The molecule has 80 heavy (non-hydrogen) atoms. The van der Waals surface area contributed by atoms with Crippen LogP contribution >= 0.6 is 0 Å². The van der Waals surface area contributed by atoms with Crippen LogP contribution in [0.5, 0.6) is 0 Å². The maximum atomic E-state index is 12.4. The number of ether oxygens (including phenoxy) is 2. The van der Waals surface area contributed by atoms with Gasteiger partial charge in [-0.1, -0.05) is 321 Å². The average Bonchev–Trinajstić information content (AvgIpc) is 3.46. The Morgan fingerprint density at radius 2 is 0.500 bits per heavy atom. The van der Waals surface area contributed by atoms with Gasteiger partial charge in [0, 0.05) is 12.8 Å². The van der Waals surface area contributed by atoms with Crippen molar-refractivity contribution in [1.29, 1.82) is 0 Å². The van der Waals surface area contributed by atoms with Crippen molar-refractivity contribution in [1.82, 2.24) is 0 Å². The van der Waals surface area contributed by atoms with Crippen molar-refractivity contribution in [3.63, 3.8) is 0 Å².